The first-order chi connectivity index (χ1) is 60.7. The van der Waals surface area contributed by atoms with E-state index in [2.05, 4.69) is 117 Å². The van der Waals surface area contributed by atoms with Gasteiger partial charge in [-0.05, 0) is 117 Å². The lowest BCUT2D eigenvalue weighted by atomic mass is 9.97. The molecule has 15 amide bonds. The van der Waals surface area contributed by atoms with Crippen molar-refractivity contribution in [2.45, 2.75) is 222 Å². The molecule has 3 heterocycles. The predicted molar refractivity (Wildman–Crippen MR) is 478 cm³/mol. The monoisotopic (exact) mass is 1840 g/mol. The zero-order chi connectivity index (χ0) is 94.8. The molecule has 25 N–H and O–H groups in total. The fraction of sp³-hybridized carbons (Fsp3) is 0.524. The summed E-state index contributed by atoms with van der Waals surface area (Å²) in [6, 6.07) is -1.24. The fourth-order valence-corrected chi connectivity index (χ4v) is 14.8. The smallest absolute Gasteiger partial charge is 0.326 e. The van der Waals surface area contributed by atoms with Crippen LogP contribution in [0.4, 0.5) is 0 Å². The summed E-state index contributed by atoms with van der Waals surface area (Å²) in [6.07, 6.45) is 0.423. The molecule has 0 saturated carbocycles. The molecule has 5 aromatic rings. The van der Waals surface area contributed by atoms with E-state index in [-0.39, 0.29) is 88.3 Å². The van der Waals surface area contributed by atoms with Crippen LogP contribution in [0.1, 0.15) is 135 Å². The van der Waals surface area contributed by atoms with Gasteiger partial charge in [0.1, 0.15) is 84.3 Å². The number of carbonyl (C=O) groups is 18. The van der Waals surface area contributed by atoms with Crippen LogP contribution in [0.15, 0.2) is 85.2 Å². The Labute approximate surface area is 754 Å². The Morgan fingerprint density at radius 1 is 0.492 bits per heavy atom. The molecule has 0 aliphatic carbocycles. The first-order valence-corrected chi connectivity index (χ1v) is 43.9. The van der Waals surface area contributed by atoms with Crippen molar-refractivity contribution in [3.05, 3.63) is 102 Å². The number of benzene rings is 3. The maximum Gasteiger partial charge on any atom is 0.326 e. The quantitative estimate of drug-likeness (QED) is 0.0148. The number of nitrogens with two attached hydrogens (primary N) is 3. The highest BCUT2D eigenvalue weighted by atomic mass is 32.1. The van der Waals surface area contributed by atoms with Crippen molar-refractivity contribution in [1.29, 1.82) is 0 Å². The number of para-hydroxylation sites is 2. The number of carboxylic acids is 3. The highest BCUT2D eigenvalue weighted by Gasteiger charge is 2.43. The standard InChI is InChI=1S/C84H119N19O22S3/c1-7-44(6)70(81(121)90-38-66(106)91-54(25-27-65(87)105)72(112)96-58(32-45-21-23-48(104)24-22-45)74(114)95-57(31-42(2)3)73(113)99-63(41-128)79(119)100-62(40-127)78(118)93-56(84(124)125)26-28-67(107)108)102-77(117)60(34-47-37-89-53-18-11-9-16-50(47)53)97-80(120)64-20-14-30-103(64)83(123)55(19-12-13-29-85)92-75(115)61(35-68(109)110)98-82(122)69(43(4)5)101-76(116)59(94-71(111)51(86)39-126)33-46-36-88-52-17-10-8-15-49(46)52/h8-11,15-18,21-24,36-37,42-44,51,54-64,69-70,88-89,104,126-128H,7,12-14,19-20,25-35,38-41,85-86H2,1-6H3,(H2,87,105)(H,90,121)(H,91,106)(H,92,115)(H,93,118)(H,94,111)(H,95,114)(H,96,112)(H,97,120)(H,98,122)(H,99,113)(H,100,119)(H,101,116)(H,102,117)(H,107,108)(H,109,110)(H,124,125)/t44-,51-,54-,55-,56-,57-,58-,59-,60-,61-,62-,63-,64-,69-,70-/m0/s1. The molecule has 15 atom stereocenters. The van der Waals surface area contributed by atoms with Gasteiger partial charge in [-0.15, -0.1) is 0 Å². The van der Waals surface area contributed by atoms with Crippen LogP contribution < -0.4 is 86.3 Å². The molecular formula is C84H119N19O22S3. The van der Waals surface area contributed by atoms with Crippen LogP contribution in [-0.4, -0.2) is 263 Å². The lowest BCUT2D eigenvalue weighted by Gasteiger charge is -2.31. The van der Waals surface area contributed by atoms with E-state index in [1.54, 1.807) is 90.3 Å². The van der Waals surface area contributed by atoms with Gasteiger partial charge in [-0.25, -0.2) is 4.79 Å². The van der Waals surface area contributed by atoms with E-state index in [0.717, 1.165) is 10.9 Å². The summed E-state index contributed by atoms with van der Waals surface area (Å²) < 4.78 is 0. The Morgan fingerprint density at radius 3 is 1.49 bits per heavy atom. The normalized spacial score (nSPS) is 15.8. The van der Waals surface area contributed by atoms with Crippen molar-refractivity contribution in [2.75, 3.05) is 36.9 Å². The zero-order valence-electron chi connectivity index (χ0n) is 71.9. The minimum atomic E-state index is -1.87. The molecule has 0 spiro atoms. The minimum absolute atomic E-state index is 0.0365. The molecular weight excluding hydrogens is 1720 g/mol. The van der Waals surface area contributed by atoms with E-state index in [9.17, 15) is 87.2 Å². The predicted octanol–water partition coefficient (Wildman–Crippen LogP) is -2.01. The van der Waals surface area contributed by atoms with Crippen molar-refractivity contribution >= 4 is 166 Å². The molecule has 41 nitrogen and oxygen atoms in total. The number of nitrogens with zero attached hydrogens (tertiary/aromatic N) is 1. The second kappa shape index (κ2) is 51.7. The number of thiol groups is 3. The van der Waals surface area contributed by atoms with Gasteiger partial charge in [-0.3, -0.25) is 81.5 Å². The summed E-state index contributed by atoms with van der Waals surface area (Å²) in [7, 11) is 0. The SMILES string of the molecule is CC[C@H](C)[C@H](NC(=O)[C@H](Cc1c[nH]c2ccccc12)NC(=O)[C@@H]1CCCN1C(=O)[C@H](CCCCN)NC(=O)[C@H](CC(=O)O)NC(=O)[C@@H](NC(=O)[C@H](Cc1c[nH]c2ccccc12)NC(=O)[C@@H](N)CS)C(C)C)C(=O)NCC(=O)N[C@@H](CCC(N)=O)C(=O)N[C@@H](Cc1ccc(O)cc1)C(=O)N[C@@H](CC(C)C)C(=O)N[C@@H](CS)C(=O)N[C@@H](CS)C(=O)N[C@@H](CCC(=O)O)C(=O)O. The number of rotatable bonds is 54. The number of aliphatic carboxylic acids is 3. The summed E-state index contributed by atoms with van der Waals surface area (Å²) in [5, 5.41) is 73.4. The maximum atomic E-state index is 15.1. The van der Waals surface area contributed by atoms with Crippen LogP contribution in [0.5, 0.6) is 5.75 Å². The van der Waals surface area contributed by atoms with E-state index in [1.165, 1.54) is 29.2 Å². The third-order valence-electron chi connectivity index (χ3n) is 21.4. The number of likely N-dealkylation sites (tertiary alicyclic amines) is 1. The lowest BCUT2D eigenvalue weighted by molar-refractivity contribution is -0.144. The molecule has 6 rings (SSSR count). The number of H-pyrrole nitrogens is 2. The minimum Gasteiger partial charge on any atom is -0.508 e. The first kappa shape index (κ1) is 105. The van der Waals surface area contributed by atoms with Crippen molar-refractivity contribution in [1.82, 2.24) is 84.0 Å². The Hall–Kier alpha value is -12.0. The number of carboxylic acid groups (broad SMARTS) is 3. The van der Waals surface area contributed by atoms with Gasteiger partial charge in [0.2, 0.25) is 88.6 Å². The van der Waals surface area contributed by atoms with Crippen molar-refractivity contribution < 1.29 is 107 Å². The number of nitrogens with one attached hydrogen (secondary N) is 15. The number of phenolic OH excluding ortho intramolecular Hbond substituents is 1. The number of hydrogen-bond acceptors (Lipinski definition) is 24. The van der Waals surface area contributed by atoms with Crippen molar-refractivity contribution in [2.24, 2.45) is 35.0 Å². The molecule has 1 fully saturated rings. The molecule has 44 heteroatoms. The van der Waals surface area contributed by atoms with Gasteiger partial charge in [0.25, 0.3) is 0 Å². The number of unbranched alkanes of at least 4 members (excludes halogenated alkanes) is 1. The first-order valence-electron chi connectivity index (χ1n) is 42.0. The van der Waals surface area contributed by atoms with Crippen LogP contribution in [0.2, 0.25) is 0 Å². The van der Waals surface area contributed by atoms with E-state index < -0.39 is 253 Å². The molecule has 700 valence electrons. The number of phenols is 1. The van der Waals surface area contributed by atoms with Crippen molar-refractivity contribution in [3.8, 4) is 5.75 Å². The molecule has 1 aliphatic rings. The highest BCUT2D eigenvalue weighted by molar-refractivity contribution is 7.80. The van der Waals surface area contributed by atoms with Crippen LogP contribution in [-0.2, 0) is 106 Å². The molecule has 0 bridgehead atoms. The molecule has 128 heavy (non-hydrogen) atoms. The van der Waals surface area contributed by atoms with E-state index >= 15 is 14.4 Å². The fourth-order valence-electron chi connectivity index (χ4n) is 14.1. The molecule has 0 radical (unpaired) electrons. The number of aromatic hydroxyl groups is 1. The highest BCUT2D eigenvalue weighted by Crippen LogP contribution is 2.25. The van der Waals surface area contributed by atoms with Gasteiger partial charge < -0.3 is 122 Å². The lowest BCUT2D eigenvalue weighted by Crippen LogP contribution is -2.61. The summed E-state index contributed by atoms with van der Waals surface area (Å²) in [5.41, 5.74) is 20.3. The Morgan fingerprint density at radius 2 is 0.969 bits per heavy atom. The second-order valence-corrected chi connectivity index (χ2v) is 33.2. The number of hydrogen-bond donors (Lipinski definition) is 25. The van der Waals surface area contributed by atoms with Gasteiger partial charge in [-0.1, -0.05) is 96.5 Å². The maximum absolute atomic E-state index is 15.1. The Bertz CT molecular complexity index is 4740. The molecule has 0 unspecified atom stereocenters. The number of aromatic amines is 2. The molecule has 2 aromatic heterocycles. The topological polar surface area (TPSA) is 657 Å². The van der Waals surface area contributed by atoms with Gasteiger partial charge in [-0.2, -0.15) is 37.9 Å². The van der Waals surface area contributed by atoms with E-state index in [1.807, 2.05) is 12.1 Å². The molecule has 1 aliphatic heterocycles. The van der Waals surface area contributed by atoms with Crippen LogP contribution in [0.25, 0.3) is 21.8 Å². The van der Waals surface area contributed by atoms with Crippen molar-refractivity contribution in [3.63, 3.8) is 0 Å². The number of primary amides is 1. The summed E-state index contributed by atoms with van der Waals surface area (Å²) in [4.78, 5) is 256. The third kappa shape index (κ3) is 32.4. The number of carbonyl (C=O) groups excluding carboxylic acids is 15. The summed E-state index contributed by atoms with van der Waals surface area (Å²) in [5.74, 6) is -21.4. The second-order valence-electron chi connectivity index (χ2n) is 32.1. The van der Waals surface area contributed by atoms with E-state index in [0.29, 0.717) is 34.0 Å². The van der Waals surface area contributed by atoms with Gasteiger partial charge in [0.15, 0.2) is 0 Å². The number of amides is 15. The largest absolute Gasteiger partial charge is 0.508 e. The number of aromatic nitrogens is 2. The Kier molecular flexibility index (Phi) is 42.3. The molecule has 1 saturated heterocycles. The van der Waals surface area contributed by atoms with Crippen LogP contribution in [0, 0.1) is 17.8 Å². The average molecular weight is 1840 g/mol. The Balaban J connectivity index is 1.19. The molecule has 3 aromatic carbocycles. The van der Waals surface area contributed by atoms with Crippen LogP contribution in [0.3, 0.4) is 0 Å². The summed E-state index contributed by atoms with van der Waals surface area (Å²) >= 11 is 12.4. The zero-order valence-corrected chi connectivity index (χ0v) is 74.6. The van der Waals surface area contributed by atoms with Gasteiger partial charge in [0, 0.05) is 90.1 Å². The van der Waals surface area contributed by atoms with E-state index in [4.69, 9.17) is 22.3 Å². The third-order valence-corrected chi connectivity index (χ3v) is 22.6. The average Bonchev–Trinajstić information content (AvgIpc) is 1.64. The summed E-state index contributed by atoms with van der Waals surface area (Å²) in [6.45, 7) is 9.11. The van der Waals surface area contributed by atoms with Gasteiger partial charge >= 0.3 is 17.9 Å². The van der Waals surface area contributed by atoms with Crippen LogP contribution >= 0.6 is 37.9 Å². The van der Waals surface area contributed by atoms with Gasteiger partial charge in [0.05, 0.1) is 19.0 Å². The number of fused-ring (bicyclic) bond motifs is 2.